The Morgan fingerprint density at radius 2 is 1.50 bits per heavy atom. The average molecular weight is 216 g/mol. The Hall–Kier alpha value is -0.610. The highest BCUT2D eigenvalue weighted by Crippen LogP contribution is 2.03. The molecule has 0 saturated carbocycles. The molecule has 0 spiro atoms. The Morgan fingerprint density at radius 1 is 1.00 bits per heavy atom. The van der Waals surface area contributed by atoms with Gasteiger partial charge in [-0.05, 0) is 12.1 Å². The lowest BCUT2D eigenvalue weighted by Crippen LogP contribution is -2.27. The molecule has 1 aromatic rings. The van der Waals surface area contributed by atoms with Gasteiger partial charge in [-0.15, -0.1) is 0 Å². The molecule has 0 unspecified atom stereocenters. The van der Waals surface area contributed by atoms with E-state index >= 15 is 0 Å². The van der Waals surface area contributed by atoms with Gasteiger partial charge in [0.25, 0.3) is 0 Å². The van der Waals surface area contributed by atoms with Crippen LogP contribution in [0.4, 0.5) is 0 Å². The second-order valence-corrected chi connectivity index (χ2v) is 3.06. The fraction of sp³-hybridized carbons (Fsp3) is 0.400. The highest BCUT2D eigenvalue weighted by molar-refractivity contribution is 6.30. The van der Waals surface area contributed by atoms with Crippen LogP contribution in [0.1, 0.15) is 0 Å². The van der Waals surface area contributed by atoms with Crippen molar-refractivity contribution < 1.29 is 0 Å². The number of nitrogens with two attached hydrogens (primary N) is 2. The smallest absolute Gasteiger partial charge is 0.0405 e. The summed E-state index contributed by atoms with van der Waals surface area (Å²) in [5.41, 5.74) is 10.3. The fourth-order valence-electron chi connectivity index (χ4n) is 0.744. The number of halogens is 1. The zero-order chi connectivity index (χ0) is 10.6. The maximum atomic E-state index is 5.54. The molecule has 0 radical (unpaired) electrons. The van der Waals surface area contributed by atoms with Crippen molar-refractivity contribution in [3.63, 3.8) is 0 Å². The van der Waals surface area contributed by atoms with Crippen LogP contribution in [0.25, 0.3) is 0 Å². The number of nitrogens with one attached hydrogen (secondary N) is 1. The van der Waals surface area contributed by atoms with E-state index in [1.54, 1.807) is 0 Å². The molecule has 3 nitrogen and oxygen atoms in total. The van der Waals surface area contributed by atoms with Crippen LogP contribution in [0.3, 0.4) is 0 Å². The summed E-state index contributed by atoms with van der Waals surface area (Å²) in [5, 5.41) is 3.83. The fourth-order valence-corrected chi connectivity index (χ4v) is 0.889. The summed E-state index contributed by atoms with van der Waals surface area (Å²) in [7, 11) is 0. The molecule has 0 atom stereocenters. The van der Waals surface area contributed by atoms with E-state index in [0.717, 1.165) is 18.1 Å². The van der Waals surface area contributed by atoms with E-state index in [2.05, 4.69) is 5.32 Å². The van der Waals surface area contributed by atoms with Gasteiger partial charge in [-0.25, -0.2) is 0 Å². The van der Waals surface area contributed by atoms with E-state index in [0.29, 0.717) is 13.1 Å². The third kappa shape index (κ3) is 9.48. The third-order valence-corrected chi connectivity index (χ3v) is 1.63. The summed E-state index contributed by atoms with van der Waals surface area (Å²) in [6.45, 7) is 3.13. The van der Waals surface area contributed by atoms with Gasteiger partial charge < -0.3 is 16.8 Å². The lowest BCUT2D eigenvalue weighted by atomic mass is 10.4. The normalized spacial score (nSPS) is 9.07. The van der Waals surface area contributed by atoms with E-state index in [1.165, 1.54) is 0 Å². The minimum atomic E-state index is 0.694. The van der Waals surface area contributed by atoms with Crippen molar-refractivity contribution in [3.8, 4) is 0 Å². The second-order valence-electron chi connectivity index (χ2n) is 2.62. The van der Waals surface area contributed by atoms with Gasteiger partial charge >= 0.3 is 0 Å². The van der Waals surface area contributed by atoms with Crippen LogP contribution >= 0.6 is 11.6 Å². The molecule has 0 bridgehead atoms. The van der Waals surface area contributed by atoms with E-state index in [-0.39, 0.29) is 0 Å². The molecule has 0 saturated heterocycles. The molecule has 0 heterocycles. The Balaban J connectivity index is 0.000000241. The van der Waals surface area contributed by atoms with E-state index in [1.807, 2.05) is 30.3 Å². The van der Waals surface area contributed by atoms with Gasteiger partial charge in [0.15, 0.2) is 0 Å². The van der Waals surface area contributed by atoms with E-state index in [9.17, 15) is 0 Å². The van der Waals surface area contributed by atoms with Gasteiger partial charge in [-0.2, -0.15) is 0 Å². The lowest BCUT2D eigenvalue weighted by Gasteiger charge is -1.95. The number of hydrogen-bond acceptors (Lipinski definition) is 3. The SMILES string of the molecule is Clc1ccccc1.NCCNCCN. The largest absolute Gasteiger partial charge is 0.329 e. The standard InChI is InChI=1S/C6H5Cl.C4H13N3/c7-6-4-2-1-3-5-6;5-1-3-7-4-2-6/h1-5H;7H,1-6H2. The number of hydrogen-bond donors (Lipinski definition) is 3. The van der Waals surface area contributed by atoms with Crippen molar-refractivity contribution in [1.29, 1.82) is 0 Å². The molecule has 14 heavy (non-hydrogen) atoms. The van der Waals surface area contributed by atoms with Crippen LogP contribution in [0.5, 0.6) is 0 Å². The number of benzene rings is 1. The minimum Gasteiger partial charge on any atom is -0.329 e. The van der Waals surface area contributed by atoms with Crippen LogP contribution < -0.4 is 16.8 Å². The van der Waals surface area contributed by atoms with Crippen molar-refractivity contribution in [3.05, 3.63) is 35.4 Å². The lowest BCUT2D eigenvalue weighted by molar-refractivity contribution is 0.696. The van der Waals surface area contributed by atoms with Crippen molar-refractivity contribution in [2.75, 3.05) is 26.2 Å². The summed E-state index contributed by atoms with van der Waals surface area (Å²) in [5.74, 6) is 0. The molecule has 5 N–H and O–H groups in total. The molecule has 0 fully saturated rings. The Labute approximate surface area is 90.4 Å². The Morgan fingerprint density at radius 3 is 1.79 bits per heavy atom. The highest BCUT2D eigenvalue weighted by atomic mass is 35.5. The third-order valence-electron chi connectivity index (χ3n) is 1.38. The second kappa shape index (κ2) is 10.5. The molecule has 0 aliphatic rings. The summed E-state index contributed by atoms with van der Waals surface area (Å²) < 4.78 is 0. The van der Waals surface area contributed by atoms with Crippen LogP contribution in [0, 0.1) is 0 Å². The summed E-state index contributed by atoms with van der Waals surface area (Å²) in [6.07, 6.45) is 0. The molecule has 1 aromatic carbocycles. The Kier molecular flexibility index (Phi) is 10.0. The molecular weight excluding hydrogens is 198 g/mol. The van der Waals surface area contributed by atoms with E-state index in [4.69, 9.17) is 23.1 Å². The van der Waals surface area contributed by atoms with Crippen LogP contribution in [0.2, 0.25) is 5.02 Å². The summed E-state index contributed by atoms with van der Waals surface area (Å²) >= 11 is 5.54. The van der Waals surface area contributed by atoms with E-state index < -0.39 is 0 Å². The molecule has 0 aliphatic heterocycles. The predicted molar refractivity (Wildman–Crippen MR) is 62.4 cm³/mol. The van der Waals surface area contributed by atoms with Gasteiger partial charge in [0.2, 0.25) is 0 Å². The Bertz CT molecular complexity index is 200. The van der Waals surface area contributed by atoms with Crippen molar-refractivity contribution in [2.24, 2.45) is 11.5 Å². The first kappa shape index (κ1) is 13.4. The quantitative estimate of drug-likeness (QED) is 0.653. The van der Waals surface area contributed by atoms with Crippen LogP contribution in [0.15, 0.2) is 30.3 Å². The van der Waals surface area contributed by atoms with Gasteiger partial charge in [0.1, 0.15) is 0 Å². The predicted octanol–water partition coefficient (Wildman–Crippen LogP) is 0.833. The monoisotopic (exact) mass is 215 g/mol. The maximum Gasteiger partial charge on any atom is 0.0405 e. The molecular formula is C10H18ClN3. The first-order valence-corrected chi connectivity index (χ1v) is 5.00. The zero-order valence-corrected chi connectivity index (χ0v) is 9.00. The van der Waals surface area contributed by atoms with Crippen molar-refractivity contribution in [1.82, 2.24) is 5.32 Å². The van der Waals surface area contributed by atoms with Gasteiger partial charge in [0, 0.05) is 31.2 Å². The first-order chi connectivity index (χ1) is 6.81. The van der Waals surface area contributed by atoms with Crippen molar-refractivity contribution in [2.45, 2.75) is 0 Å². The van der Waals surface area contributed by atoms with Crippen LogP contribution in [-0.2, 0) is 0 Å². The minimum absolute atomic E-state index is 0.694. The summed E-state index contributed by atoms with van der Waals surface area (Å²) in [4.78, 5) is 0. The van der Waals surface area contributed by atoms with Crippen LogP contribution in [-0.4, -0.2) is 26.2 Å². The molecule has 0 aromatic heterocycles. The first-order valence-electron chi connectivity index (χ1n) is 4.62. The maximum absolute atomic E-state index is 5.54. The highest BCUT2D eigenvalue weighted by Gasteiger charge is 1.76. The average Bonchev–Trinajstić information content (AvgIpc) is 2.21. The van der Waals surface area contributed by atoms with Gasteiger partial charge in [-0.3, -0.25) is 0 Å². The molecule has 4 heteroatoms. The molecule has 0 amide bonds. The molecule has 1 rings (SSSR count). The van der Waals surface area contributed by atoms with Gasteiger partial charge in [-0.1, -0.05) is 29.8 Å². The number of rotatable bonds is 4. The molecule has 80 valence electrons. The topological polar surface area (TPSA) is 64.1 Å². The van der Waals surface area contributed by atoms with Gasteiger partial charge in [0.05, 0.1) is 0 Å². The summed E-state index contributed by atoms with van der Waals surface area (Å²) in [6, 6.07) is 9.44. The molecule has 0 aliphatic carbocycles. The zero-order valence-electron chi connectivity index (χ0n) is 8.25. The van der Waals surface area contributed by atoms with Crippen molar-refractivity contribution >= 4 is 11.6 Å².